The normalized spacial score (nSPS) is 17.4. The Bertz CT molecular complexity index is 994. The summed E-state index contributed by atoms with van der Waals surface area (Å²) in [4.78, 5) is 7.95. The van der Waals surface area contributed by atoms with E-state index < -0.39 is 11.9 Å². The summed E-state index contributed by atoms with van der Waals surface area (Å²) < 4.78 is 42.2. The molecule has 1 aromatic carbocycles. The largest absolute Gasteiger partial charge is 0.435 e. The molecule has 0 amide bonds. The zero-order valence-electron chi connectivity index (χ0n) is 14.9. The van der Waals surface area contributed by atoms with Crippen molar-refractivity contribution in [2.24, 2.45) is 0 Å². The highest BCUT2D eigenvalue weighted by atomic mass is 19.4. The zero-order chi connectivity index (χ0) is 19.7. The van der Waals surface area contributed by atoms with Gasteiger partial charge >= 0.3 is 6.18 Å². The maximum atomic E-state index is 13.7. The molecule has 5 nitrogen and oxygen atoms in total. The molecule has 1 aliphatic carbocycles. The molecule has 2 aromatic heterocycles. The Labute approximate surface area is 159 Å². The number of hydrogen-bond donors (Lipinski definition) is 1. The summed E-state index contributed by atoms with van der Waals surface area (Å²) >= 11 is 0. The second-order valence-corrected chi connectivity index (χ2v) is 6.67. The minimum absolute atomic E-state index is 0.00719. The lowest BCUT2D eigenvalue weighted by Crippen LogP contribution is -2.11. The molecule has 8 heteroatoms. The quantitative estimate of drug-likeness (QED) is 0.715. The third-order valence-electron chi connectivity index (χ3n) is 4.84. The Morgan fingerprint density at radius 3 is 2.43 bits per heavy atom. The molecule has 144 valence electrons. The number of aromatic nitrogens is 4. The van der Waals surface area contributed by atoms with Gasteiger partial charge < -0.3 is 5.73 Å². The predicted molar refractivity (Wildman–Crippen MR) is 99.6 cm³/mol. The van der Waals surface area contributed by atoms with Crippen LogP contribution in [-0.2, 0) is 6.18 Å². The van der Waals surface area contributed by atoms with E-state index in [2.05, 4.69) is 15.1 Å². The van der Waals surface area contributed by atoms with Gasteiger partial charge in [0.15, 0.2) is 5.69 Å². The third-order valence-corrected chi connectivity index (χ3v) is 4.84. The number of nitrogen functional groups attached to an aromatic ring is 1. The number of hydrogen-bond acceptors (Lipinski definition) is 4. The van der Waals surface area contributed by atoms with Gasteiger partial charge in [0.2, 0.25) is 0 Å². The van der Waals surface area contributed by atoms with E-state index in [4.69, 9.17) is 5.73 Å². The highest BCUT2D eigenvalue weighted by Gasteiger charge is 2.40. The summed E-state index contributed by atoms with van der Waals surface area (Å²) in [7, 11) is 0. The van der Waals surface area contributed by atoms with Crippen LogP contribution in [0.25, 0.3) is 11.5 Å². The first-order chi connectivity index (χ1) is 13.4. The van der Waals surface area contributed by atoms with Gasteiger partial charge in [-0.15, -0.1) is 0 Å². The smallest absolute Gasteiger partial charge is 0.383 e. The van der Waals surface area contributed by atoms with Crippen LogP contribution in [0.2, 0.25) is 0 Å². The summed E-state index contributed by atoms with van der Waals surface area (Å²) in [6.45, 7) is 0. The zero-order valence-corrected chi connectivity index (χ0v) is 14.9. The van der Waals surface area contributed by atoms with Gasteiger partial charge in [0.1, 0.15) is 5.82 Å². The fraction of sp³-hybridized carbons (Fsp3) is 0.250. The van der Waals surface area contributed by atoms with E-state index in [1.807, 2.05) is 36.4 Å². The van der Waals surface area contributed by atoms with Crippen molar-refractivity contribution in [3.8, 4) is 5.95 Å². The molecular weight excluding hydrogens is 367 g/mol. The van der Waals surface area contributed by atoms with Crippen molar-refractivity contribution in [3.05, 3.63) is 71.7 Å². The van der Waals surface area contributed by atoms with Crippen LogP contribution in [0.4, 0.5) is 19.0 Å². The highest BCUT2D eigenvalue weighted by molar-refractivity contribution is 5.77. The summed E-state index contributed by atoms with van der Waals surface area (Å²) in [5.41, 5.74) is 6.69. The second-order valence-electron chi connectivity index (χ2n) is 6.67. The van der Waals surface area contributed by atoms with E-state index in [0.717, 1.165) is 23.1 Å². The molecule has 0 saturated carbocycles. The Kier molecular flexibility index (Phi) is 4.62. The van der Waals surface area contributed by atoms with E-state index in [9.17, 15) is 13.2 Å². The topological polar surface area (TPSA) is 69.6 Å². The van der Waals surface area contributed by atoms with Crippen molar-refractivity contribution >= 4 is 11.4 Å². The maximum Gasteiger partial charge on any atom is 0.435 e. The van der Waals surface area contributed by atoms with Crippen molar-refractivity contribution in [1.29, 1.82) is 0 Å². The van der Waals surface area contributed by atoms with E-state index in [1.165, 1.54) is 12.4 Å². The monoisotopic (exact) mass is 385 g/mol. The Balaban J connectivity index is 1.84. The predicted octanol–water partition coefficient (Wildman–Crippen LogP) is 4.61. The van der Waals surface area contributed by atoms with Crippen molar-refractivity contribution in [3.63, 3.8) is 0 Å². The van der Waals surface area contributed by atoms with Crippen molar-refractivity contribution < 1.29 is 13.2 Å². The van der Waals surface area contributed by atoms with E-state index in [1.54, 1.807) is 6.07 Å². The molecule has 4 rings (SSSR count). The van der Waals surface area contributed by atoms with Gasteiger partial charge in [-0.1, -0.05) is 36.4 Å². The number of nitrogens with two attached hydrogens (primary N) is 1. The average Bonchev–Trinajstić information content (AvgIpc) is 3.07. The van der Waals surface area contributed by atoms with Crippen LogP contribution in [0.15, 0.2) is 54.9 Å². The van der Waals surface area contributed by atoms with E-state index in [-0.39, 0.29) is 23.2 Å². The fourth-order valence-corrected chi connectivity index (χ4v) is 3.59. The molecule has 2 N–H and O–H groups in total. The summed E-state index contributed by atoms with van der Waals surface area (Å²) in [5.74, 6) is -0.0481. The lowest BCUT2D eigenvalue weighted by atomic mass is 9.83. The first-order valence-corrected chi connectivity index (χ1v) is 8.94. The number of nitrogens with zero attached hydrogens (tertiary/aromatic N) is 4. The van der Waals surface area contributed by atoms with Gasteiger partial charge in [-0.25, -0.2) is 9.97 Å². The van der Waals surface area contributed by atoms with Crippen LogP contribution in [0, 0.1) is 0 Å². The molecule has 1 atom stereocenters. The molecule has 0 radical (unpaired) electrons. The van der Waals surface area contributed by atoms with Crippen LogP contribution >= 0.6 is 0 Å². The first-order valence-electron chi connectivity index (χ1n) is 8.94. The van der Waals surface area contributed by atoms with Gasteiger partial charge in [0, 0.05) is 18.3 Å². The minimum Gasteiger partial charge on any atom is -0.383 e. The third kappa shape index (κ3) is 3.37. The molecular formula is C20H18F3N5. The Morgan fingerprint density at radius 1 is 1.04 bits per heavy atom. The lowest BCUT2D eigenvalue weighted by Gasteiger charge is -2.22. The summed E-state index contributed by atoms with van der Waals surface area (Å²) in [6, 6.07) is 11.3. The van der Waals surface area contributed by atoms with Crippen LogP contribution in [0.1, 0.15) is 42.0 Å². The maximum absolute atomic E-state index is 13.7. The second kappa shape index (κ2) is 7.10. The molecule has 0 fully saturated rings. The number of rotatable bonds is 3. The van der Waals surface area contributed by atoms with Gasteiger partial charge in [0.25, 0.3) is 5.95 Å². The standard InChI is InChI=1S/C20H18F3N5/c21-20(22,23)17-16(18(24)28(27-17)19-25-10-5-11-26-19)15-9-4-8-14(12-15)13-6-2-1-3-7-13/h1-3,5-7,10-12,14H,4,8-9,24H2. The average molecular weight is 385 g/mol. The van der Waals surface area contributed by atoms with Crippen molar-refractivity contribution in [2.45, 2.75) is 31.4 Å². The lowest BCUT2D eigenvalue weighted by molar-refractivity contribution is -0.141. The molecule has 0 aliphatic heterocycles. The van der Waals surface area contributed by atoms with Gasteiger partial charge in [-0.2, -0.15) is 23.0 Å². The van der Waals surface area contributed by atoms with Gasteiger partial charge in [-0.3, -0.25) is 0 Å². The summed E-state index contributed by atoms with van der Waals surface area (Å²) in [6.07, 6.45) is 2.28. The highest BCUT2D eigenvalue weighted by Crippen LogP contribution is 2.43. The van der Waals surface area contributed by atoms with Crippen LogP contribution in [0.5, 0.6) is 0 Å². The number of benzene rings is 1. The number of anilines is 1. The van der Waals surface area contributed by atoms with Gasteiger partial charge in [-0.05, 0) is 36.5 Å². The van der Waals surface area contributed by atoms with Gasteiger partial charge in [0.05, 0.1) is 5.56 Å². The van der Waals surface area contributed by atoms with E-state index in [0.29, 0.717) is 12.0 Å². The fourth-order valence-electron chi connectivity index (χ4n) is 3.59. The van der Waals surface area contributed by atoms with E-state index >= 15 is 0 Å². The Hall–Kier alpha value is -3.16. The van der Waals surface area contributed by atoms with Crippen molar-refractivity contribution in [1.82, 2.24) is 19.7 Å². The van der Waals surface area contributed by atoms with Crippen LogP contribution in [-0.4, -0.2) is 19.7 Å². The van der Waals surface area contributed by atoms with Crippen LogP contribution in [0.3, 0.4) is 0 Å². The molecule has 1 aliphatic rings. The van der Waals surface area contributed by atoms with Crippen LogP contribution < -0.4 is 5.73 Å². The SMILES string of the molecule is Nc1c(C2=CC(c3ccccc3)CCC2)c(C(F)(F)F)nn1-c1ncccn1. The van der Waals surface area contributed by atoms with Crippen molar-refractivity contribution in [2.75, 3.05) is 5.73 Å². The molecule has 0 spiro atoms. The molecule has 0 bridgehead atoms. The Morgan fingerprint density at radius 2 is 1.75 bits per heavy atom. The number of alkyl halides is 3. The molecule has 0 saturated heterocycles. The molecule has 3 aromatic rings. The molecule has 1 unspecified atom stereocenters. The minimum atomic E-state index is -4.63. The molecule has 28 heavy (non-hydrogen) atoms. The first kappa shape index (κ1) is 18.2. The number of allylic oxidation sites excluding steroid dienone is 2. The number of halogens is 3. The molecule has 2 heterocycles. The summed E-state index contributed by atoms with van der Waals surface area (Å²) in [5, 5.41) is 3.73.